The molecule has 2 aromatic carbocycles. The number of halogens is 3. The monoisotopic (exact) mass is 338 g/mol. The first-order chi connectivity index (χ1) is 10.0. The van der Waals surface area contributed by atoms with Crippen LogP contribution in [0, 0.1) is 0 Å². The molecule has 0 aliphatic rings. The van der Waals surface area contributed by atoms with Crippen LogP contribution in [0.5, 0.6) is 5.75 Å². The number of hydrogen-bond acceptors (Lipinski definition) is 2. The maximum atomic E-state index is 9.93. The molecule has 0 unspecified atom stereocenters. The van der Waals surface area contributed by atoms with Crippen molar-refractivity contribution in [3.63, 3.8) is 0 Å². The third-order valence-electron chi connectivity index (χ3n) is 3.03. The third kappa shape index (κ3) is 2.86. The van der Waals surface area contributed by atoms with E-state index < -0.39 is 0 Å². The van der Waals surface area contributed by atoms with Gasteiger partial charge in [-0.2, -0.15) is 5.10 Å². The summed E-state index contributed by atoms with van der Waals surface area (Å²) >= 11 is 17.9. The molecule has 0 spiro atoms. The van der Waals surface area contributed by atoms with Crippen LogP contribution in [-0.2, 0) is 0 Å². The second kappa shape index (κ2) is 5.60. The van der Waals surface area contributed by atoms with Crippen molar-refractivity contribution >= 4 is 34.8 Å². The lowest BCUT2D eigenvalue weighted by Crippen LogP contribution is -1.79. The summed E-state index contributed by atoms with van der Waals surface area (Å²) in [6, 6.07) is 11.9. The van der Waals surface area contributed by atoms with Gasteiger partial charge in [0.2, 0.25) is 0 Å². The van der Waals surface area contributed by atoms with Crippen LogP contribution in [0.15, 0.2) is 42.5 Å². The summed E-state index contributed by atoms with van der Waals surface area (Å²) in [5, 5.41) is 18.6. The molecule has 3 nitrogen and oxygen atoms in total. The molecule has 0 atom stereocenters. The zero-order chi connectivity index (χ0) is 15.0. The Bertz CT molecular complexity index is 748. The molecular weight excluding hydrogens is 331 g/mol. The van der Waals surface area contributed by atoms with Crippen LogP contribution in [0.25, 0.3) is 22.5 Å². The van der Waals surface area contributed by atoms with Gasteiger partial charge in [0.25, 0.3) is 0 Å². The minimum absolute atomic E-state index is 0.0720. The number of H-pyrrole nitrogens is 1. The van der Waals surface area contributed by atoms with Gasteiger partial charge in [-0.1, -0.05) is 34.8 Å². The lowest BCUT2D eigenvalue weighted by atomic mass is 10.1. The highest BCUT2D eigenvalue weighted by Gasteiger charge is 2.12. The van der Waals surface area contributed by atoms with Gasteiger partial charge in [0, 0.05) is 21.2 Å². The minimum Gasteiger partial charge on any atom is -0.507 e. The van der Waals surface area contributed by atoms with E-state index in [0.29, 0.717) is 26.3 Å². The van der Waals surface area contributed by atoms with Crippen molar-refractivity contribution in [1.29, 1.82) is 0 Å². The van der Waals surface area contributed by atoms with E-state index >= 15 is 0 Å². The Morgan fingerprint density at radius 1 is 0.857 bits per heavy atom. The maximum absolute atomic E-state index is 9.93. The molecule has 1 aromatic heterocycles. The number of benzene rings is 2. The molecule has 1 heterocycles. The highest BCUT2D eigenvalue weighted by atomic mass is 35.5. The van der Waals surface area contributed by atoms with Gasteiger partial charge in [-0.05, 0) is 42.5 Å². The van der Waals surface area contributed by atoms with Gasteiger partial charge < -0.3 is 5.11 Å². The fraction of sp³-hybridized carbons (Fsp3) is 0. The van der Waals surface area contributed by atoms with Gasteiger partial charge >= 0.3 is 0 Å². The van der Waals surface area contributed by atoms with Gasteiger partial charge in [0.1, 0.15) is 5.75 Å². The van der Waals surface area contributed by atoms with E-state index in [9.17, 15) is 5.11 Å². The van der Waals surface area contributed by atoms with E-state index in [-0.39, 0.29) is 5.75 Å². The SMILES string of the molecule is Oc1cc(Cl)ccc1-c1cc(-c2ccc(Cl)cc2Cl)[nH]n1. The number of aromatic amines is 1. The van der Waals surface area contributed by atoms with E-state index in [1.54, 1.807) is 30.3 Å². The first kappa shape index (κ1) is 14.3. The van der Waals surface area contributed by atoms with Crippen LogP contribution in [-0.4, -0.2) is 15.3 Å². The number of aromatic nitrogens is 2. The Hall–Kier alpha value is -1.68. The highest BCUT2D eigenvalue weighted by molar-refractivity contribution is 6.36. The summed E-state index contributed by atoms with van der Waals surface area (Å²) in [6.07, 6.45) is 0. The van der Waals surface area contributed by atoms with Crippen molar-refractivity contribution in [2.75, 3.05) is 0 Å². The smallest absolute Gasteiger partial charge is 0.126 e. The second-order valence-electron chi connectivity index (χ2n) is 4.45. The third-order valence-corrected chi connectivity index (χ3v) is 3.82. The molecule has 2 N–H and O–H groups in total. The number of nitrogens with zero attached hydrogens (tertiary/aromatic N) is 1. The van der Waals surface area contributed by atoms with E-state index in [1.165, 1.54) is 6.07 Å². The maximum Gasteiger partial charge on any atom is 0.126 e. The lowest BCUT2D eigenvalue weighted by molar-refractivity contribution is 0.477. The highest BCUT2D eigenvalue weighted by Crippen LogP contribution is 2.34. The van der Waals surface area contributed by atoms with Gasteiger partial charge in [-0.25, -0.2) is 0 Å². The van der Waals surface area contributed by atoms with Crippen molar-refractivity contribution in [2.24, 2.45) is 0 Å². The average Bonchev–Trinajstić information content (AvgIpc) is 2.87. The molecule has 0 aliphatic heterocycles. The summed E-state index contributed by atoms with van der Waals surface area (Å²) in [6.45, 7) is 0. The zero-order valence-corrected chi connectivity index (χ0v) is 12.8. The summed E-state index contributed by atoms with van der Waals surface area (Å²) < 4.78 is 0. The Balaban J connectivity index is 2.03. The fourth-order valence-electron chi connectivity index (χ4n) is 2.03. The molecule has 0 saturated heterocycles. The van der Waals surface area contributed by atoms with Crippen molar-refractivity contribution in [2.45, 2.75) is 0 Å². The quantitative estimate of drug-likeness (QED) is 0.656. The number of nitrogens with one attached hydrogen (secondary N) is 1. The lowest BCUT2D eigenvalue weighted by Gasteiger charge is -2.02. The molecule has 0 saturated carbocycles. The molecule has 3 rings (SSSR count). The van der Waals surface area contributed by atoms with Gasteiger partial charge in [0.05, 0.1) is 16.4 Å². The molecule has 3 aromatic rings. The van der Waals surface area contributed by atoms with Crippen LogP contribution in [0.1, 0.15) is 0 Å². The Morgan fingerprint density at radius 2 is 1.52 bits per heavy atom. The van der Waals surface area contributed by atoms with Crippen molar-refractivity contribution in [3.8, 4) is 28.3 Å². The van der Waals surface area contributed by atoms with Crippen LogP contribution in [0.4, 0.5) is 0 Å². The molecular formula is C15H9Cl3N2O. The van der Waals surface area contributed by atoms with Crippen molar-refractivity contribution in [3.05, 3.63) is 57.5 Å². The molecule has 0 radical (unpaired) electrons. The Kier molecular flexibility index (Phi) is 3.81. The van der Waals surface area contributed by atoms with E-state index in [2.05, 4.69) is 10.2 Å². The molecule has 6 heteroatoms. The molecule has 0 amide bonds. The van der Waals surface area contributed by atoms with E-state index in [4.69, 9.17) is 34.8 Å². The van der Waals surface area contributed by atoms with E-state index in [1.807, 2.05) is 6.07 Å². The fourth-order valence-corrected chi connectivity index (χ4v) is 2.70. The topological polar surface area (TPSA) is 48.9 Å². The standard InChI is InChI=1S/C15H9Cl3N2O/c16-8-1-3-10(12(18)5-8)13-7-14(20-19-13)11-4-2-9(17)6-15(11)21/h1-7,21H,(H,19,20). The van der Waals surface area contributed by atoms with Gasteiger partial charge in [-0.3, -0.25) is 5.10 Å². The van der Waals surface area contributed by atoms with Crippen LogP contribution in [0.3, 0.4) is 0 Å². The number of phenols is 1. The number of phenolic OH excluding ortho intramolecular Hbond substituents is 1. The number of rotatable bonds is 2. The zero-order valence-electron chi connectivity index (χ0n) is 10.6. The summed E-state index contributed by atoms with van der Waals surface area (Å²) in [5.74, 6) is 0.0720. The van der Waals surface area contributed by atoms with Crippen molar-refractivity contribution in [1.82, 2.24) is 10.2 Å². The predicted octanol–water partition coefficient (Wildman–Crippen LogP) is 5.41. The second-order valence-corrected chi connectivity index (χ2v) is 5.73. The number of hydrogen-bond donors (Lipinski definition) is 2. The Labute approximate surface area is 136 Å². The Morgan fingerprint density at radius 3 is 2.19 bits per heavy atom. The average molecular weight is 340 g/mol. The van der Waals surface area contributed by atoms with Crippen LogP contribution < -0.4 is 0 Å². The van der Waals surface area contributed by atoms with Crippen LogP contribution >= 0.6 is 34.8 Å². The summed E-state index contributed by atoms with van der Waals surface area (Å²) in [7, 11) is 0. The summed E-state index contributed by atoms with van der Waals surface area (Å²) in [4.78, 5) is 0. The largest absolute Gasteiger partial charge is 0.507 e. The first-order valence-corrected chi connectivity index (χ1v) is 7.18. The molecule has 0 fully saturated rings. The predicted molar refractivity (Wildman–Crippen MR) is 86.2 cm³/mol. The molecule has 106 valence electrons. The van der Waals surface area contributed by atoms with Gasteiger partial charge in [0.15, 0.2) is 0 Å². The molecule has 0 bridgehead atoms. The number of aromatic hydroxyl groups is 1. The molecule has 0 aliphatic carbocycles. The first-order valence-electron chi connectivity index (χ1n) is 6.04. The summed E-state index contributed by atoms with van der Waals surface area (Å²) in [5.41, 5.74) is 2.71. The van der Waals surface area contributed by atoms with Crippen molar-refractivity contribution < 1.29 is 5.11 Å². The van der Waals surface area contributed by atoms with E-state index in [0.717, 1.165) is 11.3 Å². The normalized spacial score (nSPS) is 10.8. The minimum atomic E-state index is 0.0720. The van der Waals surface area contributed by atoms with Gasteiger partial charge in [-0.15, -0.1) is 0 Å². The van der Waals surface area contributed by atoms with Crippen LogP contribution in [0.2, 0.25) is 15.1 Å². The molecule has 21 heavy (non-hydrogen) atoms.